The first-order valence-electron chi connectivity index (χ1n) is 7.69. The highest BCUT2D eigenvalue weighted by Gasteiger charge is 2.31. The molecular formula is C16H19N5O2S. The molecule has 0 saturated carbocycles. The van der Waals surface area contributed by atoms with Crippen LogP contribution in [0.1, 0.15) is 12.5 Å². The summed E-state index contributed by atoms with van der Waals surface area (Å²) in [4.78, 5) is 25.2. The summed E-state index contributed by atoms with van der Waals surface area (Å²) in [5.41, 5.74) is 2.15. The number of thioether (sulfide) groups is 1. The van der Waals surface area contributed by atoms with Crippen molar-refractivity contribution in [1.29, 1.82) is 0 Å². The van der Waals surface area contributed by atoms with Gasteiger partial charge in [-0.15, -0.1) is 10.2 Å². The highest BCUT2D eigenvalue weighted by atomic mass is 32.2. The maximum atomic E-state index is 12.4. The second-order valence-electron chi connectivity index (χ2n) is 5.71. The molecule has 3 rings (SSSR count). The fraction of sp³-hybridized carbons (Fsp3) is 0.375. The highest BCUT2D eigenvalue weighted by molar-refractivity contribution is 8.00. The quantitative estimate of drug-likeness (QED) is 0.855. The number of urea groups is 1. The van der Waals surface area contributed by atoms with Crippen LogP contribution in [0.3, 0.4) is 0 Å². The number of nitrogens with one attached hydrogen (secondary N) is 1. The molecule has 1 aliphatic rings. The molecule has 1 aromatic heterocycles. The molecule has 1 unspecified atom stereocenters. The Hall–Kier alpha value is -2.35. The number of imide groups is 1. The van der Waals surface area contributed by atoms with E-state index in [2.05, 4.69) is 15.5 Å². The summed E-state index contributed by atoms with van der Waals surface area (Å²) in [5.74, 6) is 0.533. The number of carbonyl (C=O) groups excluding carboxylic acids is 2. The van der Waals surface area contributed by atoms with Crippen LogP contribution in [-0.2, 0) is 11.8 Å². The maximum absolute atomic E-state index is 12.4. The zero-order valence-electron chi connectivity index (χ0n) is 13.8. The van der Waals surface area contributed by atoms with E-state index < -0.39 is 5.25 Å². The summed E-state index contributed by atoms with van der Waals surface area (Å²) in [6.45, 7) is 4.72. The van der Waals surface area contributed by atoms with Crippen molar-refractivity contribution in [3.63, 3.8) is 0 Å². The molecule has 0 radical (unpaired) electrons. The zero-order valence-corrected chi connectivity index (χ0v) is 14.6. The van der Waals surface area contributed by atoms with Gasteiger partial charge >= 0.3 is 6.03 Å². The van der Waals surface area contributed by atoms with Crippen LogP contribution in [0, 0.1) is 6.92 Å². The summed E-state index contributed by atoms with van der Waals surface area (Å²) < 4.78 is 1.86. The number of benzene rings is 1. The van der Waals surface area contributed by atoms with Crippen molar-refractivity contribution in [2.24, 2.45) is 7.05 Å². The van der Waals surface area contributed by atoms with Gasteiger partial charge in [-0.3, -0.25) is 9.69 Å². The van der Waals surface area contributed by atoms with Gasteiger partial charge in [0.1, 0.15) is 0 Å². The van der Waals surface area contributed by atoms with Gasteiger partial charge < -0.3 is 9.88 Å². The Morgan fingerprint density at radius 2 is 2.00 bits per heavy atom. The molecule has 2 aromatic rings. The third-order valence-corrected chi connectivity index (χ3v) is 5.02. The number of aromatic nitrogens is 3. The van der Waals surface area contributed by atoms with E-state index in [4.69, 9.17) is 0 Å². The molecule has 24 heavy (non-hydrogen) atoms. The second kappa shape index (κ2) is 6.64. The molecule has 126 valence electrons. The average molecular weight is 345 g/mol. The SMILES string of the molecule is Cc1ccc(-c2nnc(SC(C)C(=O)N3CCNC3=O)n2C)cc1. The average Bonchev–Trinajstić information content (AvgIpc) is 3.14. The highest BCUT2D eigenvalue weighted by Crippen LogP contribution is 2.26. The van der Waals surface area contributed by atoms with Crippen LogP contribution in [-0.4, -0.2) is 49.9 Å². The zero-order chi connectivity index (χ0) is 17.3. The summed E-state index contributed by atoms with van der Waals surface area (Å²) in [6.07, 6.45) is 0. The number of rotatable bonds is 4. The van der Waals surface area contributed by atoms with Crippen LogP contribution in [0.25, 0.3) is 11.4 Å². The van der Waals surface area contributed by atoms with Crippen LogP contribution in [0.15, 0.2) is 29.4 Å². The summed E-state index contributed by atoms with van der Waals surface area (Å²) >= 11 is 1.30. The fourth-order valence-corrected chi connectivity index (χ4v) is 3.36. The second-order valence-corrected chi connectivity index (χ2v) is 7.02. The van der Waals surface area contributed by atoms with E-state index >= 15 is 0 Å². The molecule has 0 aliphatic carbocycles. The van der Waals surface area contributed by atoms with Gasteiger partial charge in [0.05, 0.1) is 5.25 Å². The first kappa shape index (κ1) is 16.5. The topological polar surface area (TPSA) is 80.1 Å². The molecule has 1 aliphatic heterocycles. The number of aryl methyl sites for hydroxylation is 1. The molecule has 1 N–H and O–H groups in total. The minimum absolute atomic E-state index is 0.213. The Morgan fingerprint density at radius 3 is 2.62 bits per heavy atom. The lowest BCUT2D eigenvalue weighted by Gasteiger charge is -2.16. The first-order valence-corrected chi connectivity index (χ1v) is 8.57. The molecule has 0 bridgehead atoms. The third-order valence-electron chi connectivity index (χ3n) is 3.90. The molecule has 1 fully saturated rings. The van der Waals surface area contributed by atoms with Crippen molar-refractivity contribution in [2.45, 2.75) is 24.3 Å². The molecule has 1 atom stereocenters. The minimum Gasteiger partial charge on any atom is -0.336 e. The third kappa shape index (κ3) is 3.14. The van der Waals surface area contributed by atoms with Crippen LogP contribution >= 0.6 is 11.8 Å². The van der Waals surface area contributed by atoms with E-state index in [0.29, 0.717) is 18.2 Å². The van der Waals surface area contributed by atoms with Crippen LogP contribution in [0.5, 0.6) is 0 Å². The molecule has 1 aromatic carbocycles. The van der Waals surface area contributed by atoms with E-state index in [-0.39, 0.29) is 11.9 Å². The monoisotopic (exact) mass is 345 g/mol. The lowest BCUT2D eigenvalue weighted by Crippen LogP contribution is -2.39. The Balaban J connectivity index is 1.75. The van der Waals surface area contributed by atoms with Gasteiger partial charge in [-0.05, 0) is 13.8 Å². The Labute approximate surface area is 144 Å². The largest absolute Gasteiger partial charge is 0.336 e. The predicted octanol–water partition coefficient (Wildman–Crippen LogP) is 1.82. The van der Waals surface area contributed by atoms with E-state index in [1.54, 1.807) is 6.92 Å². The molecule has 2 heterocycles. The van der Waals surface area contributed by atoms with Gasteiger partial charge in [-0.1, -0.05) is 41.6 Å². The fourth-order valence-electron chi connectivity index (χ4n) is 2.48. The lowest BCUT2D eigenvalue weighted by molar-refractivity contribution is -0.126. The smallest absolute Gasteiger partial charge is 0.324 e. The van der Waals surface area contributed by atoms with Crippen molar-refractivity contribution in [2.75, 3.05) is 13.1 Å². The van der Waals surface area contributed by atoms with E-state index in [9.17, 15) is 9.59 Å². The summed E-state index contributed by atoms with van der Waals surface area (Å²) in [5, 5.41) is 11.3. The molecule has 1 saturated heterocycles. The molecular weight excluding hydrogens is 326 g/mol. The van der Waals surface area contributed by atoms with Gasteiger partial charge in [-0.25, -0.2) is 4.79 Å². The van der Waals surface area contributed by atoms with Crippen molar-refractivity contribution >= 4 is 23.7 Å². The van der Waals surface area contributed by atoms with Crippen LogP contribution in [0.4, 0.5) is 4.79 Å². The molecule has 0 spiro atoms. The van der Waals surface area contributed by atoms with E-state index in [0.717, 1.165) is 11.4 Å². The van der Waals surface area contributed by atoms with Crippen molar-refractivity contribution in [3.8, 4) is 11.4 Å². The number of carbonyl (C=O) groups is 2. The number of hydrogen-bond donors (Lipinski definition) is 1. The number of amides is 3. The minimum atomic E-state index is -0.414. The summed E-state index contributed by atoms with van der Waals surface area (Å²) in [6, 6.07) is 7.71. The Kier molecular flexibility index (Phi) is 4.57. The van der Waals surface area contributed by atoms with Gasteiger partial charge in [0, 0.05) is 25.7 Å². The van der Waals surface area contributed by atoms with E-state index in [1.807, 2.05) is 42.8 Å². The lowest BCUT2D eigenvalue weighted by atomic mass is 10.1. The standard InChI is InChI=1S/C16H19N5O2S/c1-10-4-6-12(7-5-10)13-18-19-16(20(13)3)24-11(2)14(22)21-9-8-17-15(21)23/h4-7,11H,8-9H2,1-3H3,(H,17,23). The Bertz CT molecular complexity index is 771. The Morgan fingerprint density at radius 1 is 1.29 bits per heavy atom. The van der Waals surface area contributed by atoms with Gasteiger partial charge in [-0.2, -0.15) is 0 Å². The van der Waals surface area contributed by atoms with E-state index in [1.165, 1.54) is 22.2 Å². The predicted molar refractivity (Wildman–Crippen MR) is 91.6 cm³/mol. The molecule has 7 nitrogen and oxygen atoms in total. The van der Waals surface area contributed by atoms with Crippen molar-refractivity contribution < 1.29 is 9.59 Å². The number of hydrogen-bond acceptors (Lipinski definition) is 5. The molecule has 8 heteroatoms. The van der Waals surface area contributed by atoms with Gasteiger partial charge in [0.2, 0.25) is 5.91 Å². The first-order chi connectivity index (χ1) is 11.5. The van der Waals surface area contributed by atoms with Crippen LogP contribution in [0.2, 0.25) is 0 Å². The van der Waals surface area contributed by atoms with Gasteiger partial charge in [0.25, 0.3) is 0 Å². The molecule has 3 amide bonds. The van der Waals surface area contributed by atoms with Crippen LogP contribution < -0.4 is 5.32 Å². The van der Waals surface area contributed by atoms with Crippen molar-refractivity contribution in [1.82, 2.24) is 25.0 Å². The van der Waals surface area contributed by atoms with Crippen molar-refractivity contribution in [3.05, 3.63) is 29.8 Å². The normalized spacial score (nSPS) is 15.5. The maximum Gasteiger partial charge on any atom is 0.324 e. The van der Waals surface area contributed by atoms with Gasteiger partial charge in [0.15, 0.2) is 11.0 Å². The summed E-state index contributed by atoms with van der Waals surface area (Å²) in [7, 11) is 1.87. The number of nitrogens with zero attached hydrogens (tertiary/aromatic N) is 4.